The molecule has 0 saturated heterocycles. The smallest absolute Gasteiger partial charge is 0.267 e. The number of hydrogen-bond acceptors (Lipinski definition) is 4. The van der Waals surface area contributed by atoms with Gasteiger partial charge in [0.1, 0.15) is 23.2 Å². The lowest BCUT2D eigenvalue weighted by Crippen LogP contribution is -2.10. The molecule has 2 aromatic heterocycles. The topological polar surface area (TPSA) is 48.2 Å². The largest absolute Gasteiger partial charge is 0.449 e. The lowest BCUT2D eigenvalue weighted by atomic mass is 9.87. The first-order chi connectivity index (χ1) is 11.5. The highest BCUT2D eigenvalue weighted by atomic mass is 16.5. The lowest BCUT2D eigenvalue weighted by molar-refractivity contribution is 0.455. The van der Waals surface area contributed by atoms with Gasteiger partial charge in [-0.1, -0.05) is 45.0 Å². The van der Waals surface area contributed by atoms with Crippen molar-refractivity contribution < 1.29 is 9.15 Å². The normalized spacial score (nSPS) is 12.0. The highest BCUT2D eigenvalue weighted by molar-refractivity contribution is 6.03. The van der Waals surface area contributed by atoms with Crippen LogP contribution in [-0.2, 0) is 5.41 Å². The number of fused-ring (bicyclic) bond motifs is 3. The average molecular weight is 318 g/mol. The van der Waals surface area contributed by atoms with Crippen molar-refractivity contribution in [3.05, 3.63) is 60.4 Å². The van der Waals surface area contributed by atoms with Crippen molar-refractivity contribution in [2.45, 2.75) is 26.2 Å². The Bertz CT molecular complexity index is 1010. The molecule has 4 aromatic rings. The van der Waals surface area contributed by atoms with Crippen LogP contribution in [0.4, 0.5) is 0 Å². The lowest BCUT2D eigenvalue weighted by Gasteiger charge is -2.19. The summed E-state index contributed by atoms with van der Waals surface area (Å²) in [6.07, 6.45) is 1.50. The Balaban J connectivity index is 1.74. The first-order valence-electron chi connectivity index (χ1n) is 7.93. The quantitative estimate of drug-likeness (QED) is 0.492. The summed E-state index contributed by atoms with van der Waals surface area (Å²) in [5, 5.41) is 0.961. The van der Waals surface area contributed by atoms with Crippen molar-refractivity contribution in [2.24, 2.45) is 0 Å². The van der Waals surface area contributed by atoms with Gasteiger partial charge in [0, 0.05) is 5.39 Å². The molecule has 120 valence electrons. The molecule has 0 amide bonds. The Morgan fingerprint density at radius 3 is 2.42 bits per heavy atom. The van der Waals surface area contributed by atoms with Crippen LogP contribution in [0, 0.1) is 0 Å². The third-order valence-corrected chi connectivity index (χ3v) is 4.06. The molecular weight excluding hydrogens is 300 g/mol. The minimum Gasteiger partial charge on any atom is -0.449 e. The van der Waals surface area contributed by atoms with E-state index in [1.165, 1.54) is 11.9 Å². The summed E-state index contributed by atoms with van der Waals surface area (Å²) in [5.74, 6) is 1.16. The van der Waals surface area contributed by atoms with E-state index in [0.717, 1.165) is 22.2 Å². The van der Waals surface area contributed by atoms with Crippen molar-refractivity contribution in [2.75, 3.05) is 0 Å². The number of aromatic nitrogens is 2. The maximum absolute atomic E-state index is 5.94. The molecule has 24 heavy (non-hydrogen) atoms. The second-order valence-electron chi connectivity index (χ2n) is 6.83. The van der Waals surface area contributed by atoms with Gasteiger partial charge >= 0.3 is 0 Å². The van der Waals surface area contributed by atoms with E-state index in [-0.39, 0.29) is 5.41 Å². The second-order valence-corrected chi connectivity index (χ2v) is 6.83. The number of benzene rings is 2. The van der Waals surface area contributed by atoms with Gasteiger partial charge in [0.05, 0.1) is 0 Å². The Labute approximate surface area is 140 Å². The number of para-hydroxylation sites is 1. The fraction of sp³-hybridized carbons (Fsp3) is 0.200. The van der Waals surface area contributed by atoms with Gasteiger partial charge in [0.25, 0.3) is 5.88 Å². The van der Waals surface area contributed by atoms with Crippen LogP contribution in [0.2, 0.25) is 0 Å². The molecule has 2 aromatic carbocycles. The SMILES string of the molecule is CC(C)(C)c1ccc(Oc2ncnc3c2oc2ccccc23)cc1. The van der Waals surface area contributed by atoms with E-state index in [9.17, 15) is 0 Å². The minimum absolute atomic E-state index is 0.111. The standard InChI is InChI=1S/C20H18N2O2/c1-20(2,3)13-8-10-14(11-9-13)23-19-18-17(21-12-22-19)15-6-4-5-7-16(15)24-18/h4-12H,1-3H3. The summed E-state index contributed by atoms with van der Waals surface area (Å²) in [6.45, 7) is 6.56. The van der Waals surface area contributed by atoms with Gasteiger partial charge in [-0.15, -0.1) is 0 Å². The number of rotatable bonds is 2. The number of nitrogens with zero attached hydrogens (tertiary/aromatic N) is 2. The molecular formula is C20H18N2O2. The molecule has 0 aliphatic carbocycles. The van der Waals surface area contributed by atoms with Gasteiger partial charge in [0.15, 0.2) is 0 Å². The molecule has 0 N–H and O–H groups in total. The van der Waals surface area contributed by atoms with Crippen molar-refractivity contribution in [3.8, 4) is 11.6 Å². The van der Waals surface area contributed by atoms with Crippen molar-refractivity contribution in [3.63, 3.8) is 0 Å². The molecule has 0 atom stereocenters. The van der Waals surface area contributed by atoms with Crippen LogP contribution in [0.15, 0.2) is 59.3 Å². The zero-order valence-electron chi connectivity index (χ0n) is 13.9. The number of ether oxygens (including phenoxy) is 1. The molecule has 0 aliphatic heterocycles. The zero-order chi connectivity index (χ0) is 16.7. The van der Waals surface area contributed by atoms with Gasteiger partial charge in [-0.2, -0.15) is 4.98 Å². The maximum Gasteiger partial charge on any atom is 0.267 e. The first-order valence-corrected chi connectivity index (χ1v) is 7.93. The van der Waals surface area contributed by atoms with E-state index in [1.807, 2.05) is 36.4 Å². The van der Waals surface area contributed by atoms with Gasteiger partial charge in [0.2, 0.25) is 5.58 Å². The molecule has 4 nitrogen and oxygen atoms in total. The molecule has 0 saturated carbocycles. The van der Waals surface area contributed by atoms with Crippen molar-refractivity contribution in [1.82, 2.24) is 9.97 Å². The maximum atomic E-state index is 5.94. The zero-order valence-corrected chi connectivity index (χ0v) is 13.9. The highest BCUT2D eigenvalue weighted by Gasteiger charge is 2.16. The third-order valence-electron chi connectivity index (χ3n) is 4.06. The summed E-state index contributed by atoms with van der Waals surface area (Å²) < 4.78 is 11.8. The van der Waals surface area contributed by atoms with Crippen molar-refractivity contribution in [1.29, 1.82) is 0 Å². The Hall–Kier alpha value is -2.88. The molecule has 2 heterocycles. The fourth-order valence-electron chi connectivity index (χ4n) is 2.71. The molecule has 0 unspecified atom stereocenters. The predicted octanol–water partition coefficient (Wildman–Crippen LogP) is 5.47. The van der Waals surface area contributed by atoms with Gasteiger partial charge in [-0.3, -0.25) is 0 Å². The van der Waals surface area contributed by atoms with E-state index < -0.39 is 0 Å². The van der Waals surface area contributed by atoms with Crippen molar-refractivity contribution >= 4 is 22.1 Å². The molecule has 0 radical (unpaired) electrons. The molecule has 0 bridgehead atoms. The van der Waals surface area contributed by atoms with Gasteiger partial charge in [-0.05, 0) is 35.2 Å². The number of hydrogen-bond donors (Lipinski definition) is 0. The van der Waals surface area contributed by atoms with Gasteiger partial charge < -0.3 is 9.15 Å². The summed E-state index contributed by atoms with van der Waals surface area (Å²) in [7, 11) is 0. The highest BCUT2D eigenvalue weighted by Crippen LogP contribution is 2.34. The van der Waals surface area contributed by atoms with Crippen LogP contribution in [0.5, 0.6) is 11.6 Å². The van der Waals surface area contributed by atoms with E-state index in [2.05, 4.69) is 42.9 Å². The van der Waals surface area contributed by atoms with Crippen LogP contribution in [0.1, 0.15) is 26.3 Å². The Kier molecular flexibility index (Phi) is 3.27. The molecule has 0 spiro atoms. The Morgan fingerprint density at radius 2 is 1.67 bits per heavy atom. The van der Waals surface area contributed by atoms with Crippen LogP contribution in [-0.4, -0.2) is 9.97 Å². The van der Waals surface area contributed by atoms with E-state index in [4.69, 9.17) is 9.15 Å². The first kappa shape index (κ1) is 14.7. The summed E-state index contributed by atoms with van der Waals surface area (Å²) >= 11 is 0. The van der Waals surface area contributed by atoms with Crippen LogP contribution < -0.4 is 4.74 Å². The number of furan rings is 1. The molecule has 4 rings (SSSR count). The Morgan fingerprint density at radius 1 is 0.917 bits per heavy atom. The van der Waals surface area contributed by atoms with Crippen LogP contribution >= 0.6 is 0 Å². The molecule has 0 fully saturated rings. The predicted molar refractivity (Wildman–Crippen MR) is 94.5 cm³/mol. The fourth-order valence-corrected chi connectivity index (χ4v) is 2.71. The van der Waals surface area contributed by atoms with Gasteiger partial charge in [-0.25, -0.2) is 4.98 Å². The summed E-state index contributed by atoms with van der Waals surface area (Å²) in [5.41, 5.74) is 3.48. The van der Waals surface area contributed by atoms with E-state index in [0.29, 0.717) is 11.5 Å². The third kappa shape index (κ3) is 2.50. The second kappa shape index (κ2) is 5.34. The average Bonchev–Trinajstić information content (AvgIpc) is 2.94. The van der Waals surface area contributed by atoms with E-state index in [1.54, 1.807) is 0 Å². The van der Waals surface area contributed by atoms with E-state index >= 15 is 0 Å². The van der Waals surface area contributed by atoms with Crippen LogP contribution in [0.25, 0.3) is 22.1 Å². The summed E-state index contributed by atoms with van der Waals surface area (Å²) in [4.78, 5) is 8.57. The molecule has 4 heteroatoms. The molecule has 0 aliphatic rings. The van der Waals surface area contributed by atoms with Crippen LogP contribution in [0.3, 0.4) is 0 Å². The summed E-state index contributed by atoms with van der Waals surface area (Å²) in [6, 6.07) is 15.9. The minimum atomic E-state index is 0.111. The monoisotopic (exact) mass is 318 g/mol.